The average Bonchev–Trinajstić information content (AvgIpc) is 3.04. The van der Waals surface area contributed by atoms with Crippen molar-refractivity contribution in [2.24, 2.45) is 12.0 Å². The molecule has 0 aliphatic carbocycles. The van der Waals surface area contributed by atoms with Crippen LogP contribution in [0.3, 0.4) is 0 Å². The minimum Gasteiger partial charge on any atom is -0.350 e. The van der Waals surface area contributed by atoms with Gasteiger partial charge in [-0.25, -0.2) is 0 Å². The molecule has 5 heteroatoms. The van der Waals surface area contributed by atoms with Gasteiger partial charge in [-0.2, -0.15) is 0 Å². The number of nitrogens with zero attached hydrogens (tertiary/aromatic N) is 3. The molecule has 1 aromatic heterocycles. The molecule has 4 rings (SSSR count). The van der Waals surface area contributed by atoms with E-state index in [1.165, 1.54) is 32.2 Å². The Bertz CT molecular complexity index is 745. The fraction of sp³-hybridized carbons (Fsp3) is 0.267. The highest BCUT2D eigenvalue weighted by Gasteiger charge is 2.32. The van der Waals surface area contributed by atoms with Crippen LogP contribution < -0.4 is 0 Å². The van der Waals surface area contributed by atoms with Crippen LogP contribution >= 0.6 is 28.7 Å². The van der Waals surface area contributed by atoms with Crippen LogP contribution in [-0.2, 0) is 7.05 Å². The van der Waals surface area contributed by atoms with Crippen molar-refractivity contribution in [3.63, 3.8) is 0 Å². The molecular weight excluding hydrogens is 334 g/mol. The summed E-state index contributed by atoms with van der Waals surface area (Å²) in [6, 6.07) is 8.60. The number of halogens is 1. The number of aromatic nitrogens is 1. The fourth-order valence-electron chi connectivity index (χ4n) is 2.96. The van der Waals surface area contributed by atoms with Gasteiger partial charge in [-0.15, -0.1) is 17.0 Å². The first-order chi connectivity index (χ1) is 9.25. The van der Waals surface area contributed by atoms with E-state index in [0.29, 0.717) is 0 Å². The Morgan fingerprint density at radius 2 is 2.05 bits per heavy atom. The first-order valence-corrected chi connectivity index (χ1v) is 7.32. The lowest BCUT2D eigenvalue weighted by molar-refractivity contribution is 0.648. The van der Waals surface area contributed by atoms with Crippen LogP contribution in [-0.4, -0.2) is 27.7 Å². The van der Waals surface area contributed by atoms with Gasteiger partial charge < -0.3 is 9.47 Å². The van der Waals surface area contributed by atoms with Crippen LogP contribution in [0.25, 0.3) is 16.6 Å². The molecule has 0 radical (unpaired) electrons. The lowest BCUT2D eigenvalue weighted by Crippen LogP contribution is -2.19. The second kappa shape index (κ2) is 4.97. The Balaban J connectivity index is 0.00000121. The minimum absolute atomic E-state index is 0. The number of aliphatic imine (C=N–C) groups is 1. The number of allylic oxidation sites excluding steroid dienone is 1. The van der Waals surface area contributed by atoms with Crippen LogP contribution in [0.2, 0.25) is 0 Å². The summed E-state index contributed by atoms with van der Waals surface area (Å²) in [6.45, 7) is 4.13. The third-order valence-electron chi connectivity index (χ3n) is 3.80. The molecule has 0 atom stereocenters. The molecule has 3 heterocycles. The first kappa shape index (κ1) is 13.8. The summed E-state index contributed by atoms with van der Waals surface area (Å²) in [5, 5.41) is 2.49. The van der Waals surface area contributed by atoms with E-state index in [2.05, 4.69) is 58.9 Å². The Morgan fingerprint density at radius 1 is 1.25 bits per heavy atom. The van der Waals surface area contributed by atoms with Gasteiger partial charge in [0.05, 0.1) is 12.2 Å². The van der Waals surface area contributed by atoms with Crippen LogP contribution in [0.4, 0.5) is 0 Å². The lowest BCUT2D eigenvalue weighted by atomic mass is 10.1. The van der Waals surface area contributed by atoms with E-state index < -0.39 is 0 Å². The summed E-state index contributed by atoms with van der Waals surface area (Å²) in [5.74, 6) is 0. The largest absolute Gasteiger partial charge is 0.350 e. The van der Waals surface area contributed by atoms with Gasteiger partial charge in [0.2, 0.25) is 0 Å². The number of para-hydroxylation sites is 1. The Kier molecular flexibility index (Phi) is 3.42. The minimum atomic E-state index is 0. The summed E-state index contributed by atoms with van der Waals surface area (Å²) in [5.41, 5.74) is 3.96. The van der Waals surface area contributed by atoms with Crippen molar-refractivity contribution >= 4 is 50.5 Å². The molecule has 0 N–H and O–H groups in total. The first-order valence-electron chi connectivity index (χ1n) is 6.51. The molecule has 0 saturated heterocycles. The maximum atomic E-state index is 4.57. The van der Waals surface area contributed by atoms with Crippen LogP contribution in [0.5, 0.6) is 0 Å². The Labute approximate surface area is 133 Å². The summed E-state index contributed by atoms with van der Waals surface area (Å²) >= 11 is 1.80. The molecule has 1 aromatic carbocycles. The lowest BCUT2D eigenvalue weighted by Gasteiger charge is -2.16. The molecule has 0 unspecified atom stereocenters. The fourth-order valence-corrected chi connectivity index (χ4v) is 4.00. The maximum absolute atomic E-state index is 4.57. The third-order valence-corrected chi connectivity index (χ3v) is 4.83. The van der Waals surface area contributed by atoms with Crippen LogP contribution in [0.15, 0.2) is 40.4 Å². The standard InChI is InChI=1S/C15H15N3S.BrH/c1-10-14(18-8-7-16-15(18)19-10)12-9-17(2)13-6-4-3-5-11(12)13;/h3-6,9H,7-8H2,1-2H3;1H. The molecular formula is C15H16BrN3S. The molecule has 20 heavy (non-hydrogen) atoms. The number of amidine groups is 1. The zero-order chi connectivity index (χ0) is 13.0. The second-order valence-corrected chi connectivity index (χ2v) is 6.18. The van der Waals surface area contributed by atoms with E-state index in [1.807, 2.05) is 0 Å². The van der Waals surface area contributed by atoms with Gasteiger partial charge in [0.1, 0.15) is 0 Å². The highest BCUT2D eigenvalue weighted by atomic mass is 79.9. The van der Waals surface area contributed by atoms with Crippen molar-refractivity contribution < 1.29 is 0 Å². The van der Waals surface area contributed by atoms with Crippen molar-refractivity contribution in [3.8, 4) is 0 Å². The predicted molar refractivity (Wildman–Crippen MR) is 92.4 cm³/mol. The molecule has 2 aromatic rings. The zero-order valence-corrected chi connectivity index (χ0v) is 14.0. The number of benzene rings is 1. The van der Waals surface area contributed by atoms with Gasteiger partial charge in [-0.05, 0) is 13.0 Å². The maximum Gasteiger partial charge on any atom is 0.168 e. The van der Waals surface area contributed by atoms with Gasteiger partial charge >= 0.3 is 0 Å². The smallest absolute Gasteiger partial charge is 0.168 e. The zero-order valence-electron chi connectivity index (χ0n) is 11.5. The second-order valence-electron chi connectivity index (χ2n) is 4.99. The van der Waals surface area contributed by atoms with Crippen molar-refractivity contribution in [2.45, 2.75) is 6.92 Å². The molecule has 2 aliphatic heterocycles. The SMILES string of the molecule is Br.CC1=C(c2cn(C)c3ccccc23)N2CCN=C2S1. The van der Waals surface area contributed by atoms with E-state index >= 15 is 0 Å². The molecule has 0 saturated carbocycles. The highest BCUT2D eigenvalue weighted by molar-refractivity contribution is 8.93. The Morgan fingerprint density at radius 3 is 2.90 bits per heavy atom. The number of fused-ring (bicyclic) bond motifs is 2. The number of hydrogen-bond acceptors (Lipinski definition) is 3. The molecule has 104 valence electrons. The third kappa shape index (κ3) is 1.84. The number of hydrogen-bond donors (Lipinski definition) is 0. The van der Waals surface area contributed by atoms with Gasteiger partial charge in [-0.3, -0.25) is 4.99 Å². The van der Waals surface area contributed by atoms with Crippen LogP contribution in [0, 0.1) is 0 Å². The predicted octanol–water partition coefficient (Wildman–Crippen LogP) is 3.86. The van der Waals surface area contributed by atoms with Crippen molar-refractivity contribution in [3.05, 3.63) is 40.9 Å². The molecule has 3 nitrogen and oxygen atoms in total. The van der Waals surface area contributed by atoms with E-state index in [0.717, 1.165) is 13.1 Å². The monoisotopic (exact) mass is 349 g/mol. The average molecular weight is 350 g/mol. The molecule has 0 fully saturated rings. The summed E-state index contributed by atoms with van der Waals surface area (Å²) in [7, 11) is 2.11. The van der Waals surface area contributed by atoms with Crippen LogP contribution in [0.1, 0.15) is 12.5 Å². The molecule has 0 amide bonds. The normalized spacial score (nSPS) is 17.5. The molecule has 0 spiro atoms. The summed E-state index contributed by atoms with van der Waals surface area (Å²) < 4.78 is 2.21. The number of thioether (sulfide) groups is 1. The van der Waals surface area contributed by atoms with Gasteiger partial charge in [0, 0.05) is 41.2 Å². The van der Waals surface area contributed by atoms with Crippen molar-refractivity contribution in [2.75, 3.05) is 13.1 Å². The van der Waals surface area contributed by atoms with Gasteiger partial charge in [-0.1, -0.05) is 30.0 Å². The summed E-state index contributed by atoms with van der Waals surface area (Å²) in [4.78, 5) is 8.29. The van der Waals surface area contributed by atoms with Crippen molar-refractivity contribution in [1.29, 1.82) is 0 Å². The van der Waals surface area contributed by atoms with Gasteiger partial charge in [0.25, 0.3) is 0 Å². The van der Waals surface area contributed by atoms with E-state index in [-0.39, 0.29) is 17.0 Å². The van der Waals surface area contributed by atoms with E-state index in [1.54, 1.807) is 11.8 Å². The summed E-state index contributed by atoms with van der Waals surface area (Å²) in [6.07, 6.45) is 2.24. The van der Waals surface area contributed by atoms with E-state index in [9.17, 15) is 0 Å². The quantitative estimate of drug-likeness (QED) is 0.779. The van der Waals surface area contributed by atoms with Gasteiger partial charge in [0.15, 0.2) is 5.17 Å². The topological polar surface area (TPSA) is 20.5 Å². The molecule has 0 bridgehead atoms. The number of rotatable bonds is 1. The van der Waals surface area contributed by atoms with E-state index in [4.69, 9.17) is 0 Å². The number of aryl methyl sites for hydroxylation is 1. The molecule has 2 aliphatic rings. The highest BCUT2D eigenvalue weighted by Crippen LogP contribution is 2.43. The Hall–Kier alpha value is -1.20. The van der Waals surface area contributed by atoms with Crippen molar-refractivity contribution in [1.82, 2.24) is 9.47 Å².